The summed E-state index contributed by atoms with van der Waals surface area (Å²) in [5.41, 5.74) is 0.949. The van der Waals surface area contributed by atoms with E-state index in [0.717, 1.165) is 11.3 Å². The van der Waals surface area contributed by atoms with Crippen molar-refractivity contribution in [2.45, 2.75) is 6.54 Å². The van der Waals surface area contributed by atoms with E-state index in [-0.39, 0.29) is 18.1 Å². The van der Waals surface area contributed by atoms with Crippen molar-refractivity contribution in [2.75, 3.05) is 0 Å². The molecule has 1 amide bonds. The van der Waals surface area contributed by atoms with Gasteiger partial charge in [-0.2, -0.15) is 0 Å². The zero-order valence-corrected chi connectivity index (χ0v) is 12.2. The lowest BCUT2D eigenvalue weighted by Gasteiger charge is -2.04. The number of carbonyl (C=O) groups is 2. The Kier molecular flexibility index (Phi) is 4.59. The van der Waals surface area contributed by atoms with Gasteiger partial charge in [0.05, 0.1) is 9.90 Å². The molecule has 2 N–H and O–H groups in total. The number of amides is 1. The number of halogens is 2. The van der Waals surface area contributed by atoms with Crippen LogP contribution in [0.3, 0.4) is 0 Å². The van der Waals surface area contributed by atoms with Crippen LogP contribution in [0.5, 0.6) is 0 Å². The number of carboxylic acids is 1. The lowest BCUT2D eigenvalue weighted by Crippen LogP contribution is -2.22. The molecule has 0 aliphatic carbocycles. The number of rotatable bonds is 4. The largest absolute Gasteiger partial charge is 0.477 e. The van der Waals surface area contributed by atoms with Crippen LogP contribution in [0.4, 0.5) is 0 Å². The van der Waals surface area contributed by atoms with E-state index >= 15 is 0 Å². The SMILES string of the molecule is O=C(O)c1ccc(CNC(=O)c2cc(Cl)sc2Cl)cn1. The summed E-state index contributed by atoms with van der Waals surface area (Å²) in [6.45, 7) is 0.218. The highest BCUT2D eigenvalue weighted by Crippen LogP contribution is 2.30. The van der Waals surface area contributed by atoms with Crippen molar-refractivity contribution in [3.63, 3.8) is 0 Å². The Bertz CT molecular complexity index is 655. The van der Waals surface area contributed by atoms with Gasteiger partial charge in [-0.05, 0) is 17.7 Å². The molecular weight excluding hydrogens is 323 g/mol. The molecule has 0 unspecified atom stereocenters. The second-order valence-electron chi connectivity index (χ2n) is 3.78. The van der Waals surface area contributed by atoms with Crippen molar-refractivity contribution in [2.24, 2.45) is 0 Å². The molecule has 0 fully saturated rings. The predicted molar refractivity (Wildman–Crippen MR) is 76.7 cm³/mol. The first-order chi connectivity index (χ1) is 9.47. The Labute approximate surface area is 128 Å². The van der Waals surface area contributed by atoms with Gasteiger partial charge in [0.25, 0.3) is 5.91 Å². The monoisotopic (exact) mass is 330 g/mol. The molecule has 5 nitrogen and oxygen atoms in total. The number of thiophene rings is 1. The van der Waals surface area contributed by atoms with Gasteiger partial charge in [-0.25, -0.2) is 9.78 Å². The third-order valence-electron chi connectivity index (χ3n) is 2.40. The summed E-state index contributed by atoms with van der Waals surface area (Å²) in [4.78, 5) is 26.3. The molecule has 0 atom stereocenters. The Morgan fingerprint density at radius 1 is 1.35 bits per heavy atom. The first-order valence-corrected chi connectivity index (χ1v) is 6.96. The van der Waals surface area contributed by atoms with E-state index in [1.54, 1.807) is 6.07 Å². The lowest BCUT2D eigenvalue weighted by molar-refractivity contribution is 0.0690. The Hall–Kier alpha value is -1.63. The van der Waals surface area contributed by atoms with Crippen LogP contribution in [0, 0.1) is 0 Å². The molecule has 0 aliphatic heterocycles. The molecular formula is C12H8Cl2N2O3S. The fraction of sp³-hybridized carbons (Fsp3) is 0.0833. The van der Waals surface area contributed by atoms with E-state index in [1.165, 1.54) is 18.3 Å². The molecule has 0 bridgehead atoms. The molecule has 104 valence electrons. The maximum atomic E-state index is 11.9. The molecule has 8 heteroatoms. The number of pyridine rings is 1. The minimum absolute atomic E-state index is 0.0484. The van der Waals surface area contributed by atoms with Gasteiger partial charge in [-0.15, -0.1) is 11.3 Å². The van der Waals surface area contributed by atoms with Crippen molar-refractivity contribution in [1.29, 1.82) is 0 Å². The first kappa shape index (κ1) is 14.8. The van der Waals surface area contributed by atoms with E-state index in [0.29, 0.717) is 19.8 Å². The van der Waals surface area contributed by atoms with Gasteiger partial charge < -0.3 is 10.4 Å². The van der Waals surface area contributed by atoms with E-state index in [9.17, 15) is 9.59 Å². The molecule has 2 aromatic rings. The van der Waals surface area contributed by atoms with Gasteiger partial charge in [0, 0.05) is 12.7 Å². The van der Waals surface area contributed by atoms with Crippen molar-refractivity contribution >= 4 is 46.4 Å². The zero-order chi connectivity index (χ0) is 14.7. The quantitative estimate of drug-likeness (QED) is 0.902. The molecule has 20 heavy (non-hydrogen) atoms. The van der Waals surface area contributed by atoms with E-state index < -0.39 is 5.97 Å². The summed E-state index contributed by atoms with van der Waals surface area (Å²) in [6, 6.07) is 4.45. The van der Waals surface area contributed by atoms with Crippen LogP contribution >= 0.6 is 34.5 Å². The number of aromatic carboxylic acids is 1. The van der Waals surface area contributed by atoms with Crippen LogP contribution in [0.2, 0.25) is 8.67 Å². The van der Waals surface area contributed by atoms with E-state index in [4.69, 9.17) is 28.3 Å². The van der Waals surface area contributed by atoms with Crippen molar-refractivity contribution in [1.82, 2.24) is 10.3 Å². The van der Waals surface area contributed by atoms with Crippen LogP contribution in [0.25, 0.3) is 0 Å². The van der Waals surface area contributed by atoms with Crippen LogP contribution in [-0.4, -0.2) is 22.0 Å². The average Bonchev–Trinajstić information content (AvgIpc) is 2.75. The second-order valence-corrected chi connectivity index (χ2v) is 6.06. The summed E-state index contributed by atoms with van der Waals surface area (Å²) in [6.07, 6.45) is 1.39. The van der Waals surface area contributed by atoms with Crippen molar-refractivity contribution in [3.8, 4) is 0 Å². The molecule has 0 aliphatic rings. The van der Waals surface area contributed by atoms with Gasteiger partial charge >= 0.3 is 5.97 Å². The van der Waals surface area contributed by atoms with Crippen LogP contribution in [0.15, 0.2) is 24.4 Å². The minimum atomic E-state index is -1.10. The van der Waals surface area contributed by atoms with Crippen molar-refractivity contribution < 1.29 is 14.7 Å². The molecule has 0 saturated heterocycles. The third kappa shape index (κ3) is 3.47. The maximum absolute atomic E-state index is 11.9. The normalized spacial score (nSPS) is 10.3. The predicted octanol–water partition coefficient (Wildman–Crippen LogP) is 3.08. The summed E-state index contributed by atoms with van der Waals surface area (Å²) >= 11 is 12.8. The molecule has 2 aromatic heterocycles. The fourth-order valence-electron chi connectivity index (χ4n) is 1.43. The highest BCUT2D eigenvalue weighted by Gasteiger charge is 2.14. The van der Waals surface area contributed by atoms with Crippen LogP contribution in [0.1, 0.15) is 26.4 Å². The Balaban J connectivity index is 2.00. The number of carboxylic acid groups (broad SMARTS) is 1. The van der Waals surface area contributed by atoms with Crippen LogP contribution in [-0.2, 0) is 6.54 Å². The number of carbonyl (C=O) groups excluding carboxylic acids is 1. The number of nitrogens with zero attached hydrogens (tertiary/aromatic N) is 1. The molecule has 2 heterocycles. The molecule has 0 spiro atoms. The maximum Gasteiger partial charge on any atom is 0.354 e. The summed E-state index contributed by atoms with van der Waals surface area (Å²) in [5.74, 6) is -1.44. The smallest absolute Gasteiger partial charge is 0.354 e. The molecule has 0 saturated carbocycles. The Morgan fingerprint density at radius 2 is 2.10 bits per heavy atom. The van der Waals surface area contributed by atoms with Crippen LogP contribution < -0.4 is 5.32 Å². The van der Waals surface area contributed by atoms with Gasteiger partial charge in [0.1, 0.15) is 10.0 Å². The zero-order valence-electron chi connectivity index (χ0n) is 9.89. The summed E-state index contributed by atoms with van der Waals surface area (Å²) < 4.78 is 0.763. The lowest BCUT2D eigenvalue weighted by atomic mass is 10.2. The van der Waals surface area contributed by atoms with Gasteiger partial charge in [-0.1, -0.05) is 29.3 Å². The standard InChI is InChI=1S/C12H8Cl2N2O3S/c13-9-3-7(10(14)20-9)11(17)16-5-6-1-2-8(12(18)19)15-4-6/h1-4H,5H2,(H,16,17)(H,18,19). The highest BCUT2D eigenvalue weighted by molar-refractivity contribution is 7.20. The molecule has 0 radical (unpaired) electrons. The van der Waals surface area contributed by atoms with Gasteiger partial charge in [0.2, 0.25) is 0 Å². The average molecular weight is 331 g/mol. The molecule has 0 aromatic carbocycles. The summed E-state index contributed by atoms with van der Waals surface area (Å²) in [7, 11) is 0. The van der Waals surface area contributed by atoms with E-state index in [1.807, 2.05) is 0 Å². The third-order valence-corrected chi connectivity index (χ3v) is 3.89. The second kappa shape index (κ2) is 6.21. The van der Waals surface area contributed by atoms with E-state index in [2.05, 4.69) is 10.3 Å². The minimum Gasteiger partial charge on any atom is -0.477 e. The fourth-order valence-corrected chi connectivity index (χ4v) is 2.89. The highest BCUT2D eigenvalue weighted by atomic mass is 35.5. The Morgan fingerprint density at radius 3 is 2.60 bits per heavy atom. The number of hydrogen-bond acceptors (Lipinski definition) is 4. The first-order valence-electron chi connectivity index (χ1n) is 5.38. The van der Waals surface area contributed by atoms with Crippen molar-refractivity contribution in [3.05, 3.63) is 49.9 Å². The number of nitrogens with one attached hydrogen (secondary N) is 1. The topological polar surface area (TPSA) is 79.3 Å². The molecule has 2 rings (SSSR count). The van der Waals surface area contributed by atoms with Gasteiger partial charge in [0.15, 0.2) is 0 Å². The summed E-state index contributed by atoms with van der Waals surface area (Å²) in [5, 5.41) is 11.4. The van der Waals surface area contributed by atoms with Gasteiger partial charge in [-0.3, -0.25) is 4.79 Å². The number of aromatic nitrogens is 1. The number of hydrogen-bond donors (Lipinski definition) is 2.